The second-order valence-corrected chi connectivity index (χ2v) is 5.35. The van der Waals surface area contributed by atoms with Crippen LogP contribution >= 0.6 is 0 Å². The Hall–Kier alpha value is -1.13. The van der Waals surface area contributed by atoms with Crippen LogP contribution in [0.15, 0.2) is 18.2 Å². The van der Waals surface area contributed by atoms with Crippen molar-refractivity contribution >= 4 is 5.69 Å². The molecule has 2 rings (SSSR count). The van der Waals surface area contributed by atoms with E-state index in [1.54, 1.807) is 6.07 Å². The van der Waals surface area contributed by atoms with Crippen molar-refractivity contribution in [2.75, 3.05) is 18.1 Å². The van der Waals surface area contributed by atoms with Crippen LogP contribution in [0.3, 0.4) is 0 Å². The average molecular weight is 266 g/mol. The first-order valence-corrected chi connectivity index (χ1v) is 7.06. The van der Waals surface area contributed by atoms with Gasteiger partial charge in [0.1, 0.15) is 5.82 Å². The van der Waals surface area contributed by atoms with Gasteiger partial charge in [0.05, 0.1) is 18.3 Å². The van der Waals surface area contributed by atoms with Crippen molar-refractivity contribution in [3.05, 3.63) is 29.6 Å². The monoisotopic (exact) mass is 266 g/mol. The van der Waals surface area contributed by atoms with Crippen LogP contribution in [0.4, 0.5) is 10.1 Å². The predicted octanol–water partition coefficient (Wildman–Crippen LogP) is 2.59. The first-order valence-electron chi connectivity index (χ1n) is 7.06. The molecule has 1 aliphatic rings. The second-order valence-electron chi connectivity index (χ2n) is 5.35. The summed E-state index contributed by atoms with van der Waals surface area (Å²) in [5, 5.41) is 9.57. The van der Waals surface area contributed by atoms with E-state index in [1.807, 2.05) is 17.9 Å². The third-order valence-electron chi connectivity index (χ3n) is 3.88. The van der Waals surface area contributed by atoms with E-state index in [2.05, 4.69) is 0 Å². The predicted molar refractivity (Wildman–Crippen MR) is 75.7 cm³/mol. The van der Waals surface area contributed by atoms with E-state index in [1.165, 1.54) is 6.07 Å². The lowest BCUT2D eigenvalue weighted by Gasteiger charge is -2.33. The minimum absolute atomic E-state index is 0.00287. The highest BCUT2D eigenvalue weighted by Gasteiger charge is 2.25. The van der Waals surface area contributed by atoms with Crippen molar-refractivity contribution in [1.29, 1.82) is 0 Å². The number of hydrogen-bond donors (Lipinski definition) is 2. The molecule has 1 fully saturated rings. The summed E-state index contributed by atoms with van der Waals surface area (Å²) in [5.74, 6) is -0.241. The third kappa shape index (κ3) is 3.07. The maximum atomic E-state index is 14.3. The van der Waals surface area contributed by atoms with Crippen molar-refractivity contribution in [2.24, 2.45) is 5.73 Å². The highest BCUT2D eigenvalue weighted by atomic mass is 19.1. The number of anilines is 1. The molecule has 1 aromatic carbocycles. The van der Waals surface area contributed by atoms with Gasteiger partial charge in [-0.25, -0.2) is 4.39 Å². The fraction of sp³-hybridized carbons (Fsp3) is 0.600. The molecule has 0 bridgehead atoms. The molecule has 4 heteroatoms. The molecule has 2 unspecified atom stereocenters. The number of benzene rings is 1. The van der Waals surface area contributed by atoms with E-state index in [0.29, 0.717) is 5.69 Å². The Labute approximate surface area is 114 Å². The molecular formula is C15H23FN2O. The van der Waals surface area contributed by atoms with Gasteiger partial charge in [-0.2, -0.15) is 0 Å². The van der Waals surface area contributed by atoms with Crippen LogP contribution in [0.25, 0.3) is 0 Å². The fourth-order valence-electron chi connectivity index (χ4n) is 2.86. The maximum absolute atomic E-state index is 14.3. The van der Waals surface area contributed by atoms with Crippen molar-refractivity contribution in [3.8, 4) is 0 Å². The van der Waals surface area contributed by atoms with Crippen molar-refractivity contribution < 1.29 is 9.50 Å². The minimum atomic E-state index is -0.241. The van der Waals surface area contributed by atoms with E-state index < -0.39 is 0 Å². The standard InChI is InChI=1S/C15H23FN2O/c1-11(17)13-7-5-8-14(16)15(13)18-9-4-2-3-6-12(18)10-19/h5,7-8,11-12,19H,2-4,6,9-10,17H2,1H3. The summed E-state index contributed by atoms with van der Waals surface area (Å²) in [6.07, 6.45) is 4.16. The molecule has 0 aromatic heterocycles. The quantitative estimate of drug-likeness (QED) is 0.884. The molecule has 3 N–H and O–H groups in total. The molecule has 1 aromatic rings. The van der Waals surface area contributed by atoms with Crippen LogP contribution in [0.5, 0.6) is 0 Å². The van der Waals surface area contributed by atoms with Crippen LogP contribution in [0.1, 0.15) is 44.2 Å². The summed E-state index contributed by atoms with van der Waals surface area (Å²) < 4.78 is 14.3. The topological polar surface area (TPSA) is 49.5 Å². The number of para-hydroxylation sites is 1. The maximum Gasteiger partial charge on any atom is 0.146 e. The molecular weight excluding hydrogens is 243 g/mol. The van der Waals surface area contributed by atoms with E-state index in [4.69, 9.17) is 5.73 Å². The summed E-state index contributed by atoms with van der Waals surface area (Å²) in [4.78, 5) is 2.01. The smallest absolute Gasteiger partial charge is 0.146 e. The molecule has 3 nitrogen and oxygen atoms in total. The Bertz CT molecular complexity index is 423. The Balaban J connectivity index is 2.42. The molecule has 0 saturated carbocycles. The summed E-state index contributed by atoms with van der Waals surface area (Å²) in [5.41, 5.74) is 7.36. The van der Waals surface area contributed by atoms with Gasteiger partial charge in [0.2, 0.25) is 0 Å². The summed E-state index contributed by atoms with van der Waals surface area (Å²) in [6.45, 7) is 2.71. The number of aliphatic hydroxyl groups is 1. The number of aliphatic hydroxyl groups excluding tert-OH is 1. The van der Waals surface area contributed by atoms with Gasteiger partial charge in [-0.15, -0.1) is 0 Å². The lowest BCUT2D eigenvalue weighted by molar-refractivity contribution is 0.254. The minimum Gasteiger partial charge on any atom is -0.394 e. The van der Waals surface area contributed by atoms with Crippen LogP contribution < -0.4 is 10.6 Å². The molecule has 106 valence electrons. The number of halogens is 1. The average Bonchev–Trinajstić information content (AvgIpc) is 2.63. The number of nitrogens with zero attached hydrogens (tertiary/aromatic N) is 1. The molecule has 0 aliphatic carbocycles. The van der Waals surface area contributed by atoms with Gasteiger partial charge in [0, 0.05) is 12.6 Å². The summed E-state index contributed by atoms with van der Waals surface area (Å²) in [6, 6.07) is 4.83. The Morgan fingerprint density at radius 3 is 2.89 bits per heavy atom. The SMILES string of the molecule is CC(N)c1cccc(F)c1N1CCCCCC1CO. The fourth-order valence-corrected chi connectivity index (χ4v) is 2.86. The molecule has 1 heterocycles. The van der Waals surface area contributed by atoms with Crippen LogP contribution in [-0.4, -0.2) is 24.3 Å². The van der Waals surface area contributed by atoms with E-state index >= 15 is 0 Å². The molecule has 1 aliphatic heterocycles. The van der Waals surface area contributed by atoms with Gasteiger partial charge < -0.3 is 15.7 Å². The van der Waals surface area contributed by atoms with Gasteiger partial charge in [-0.1, -0.05) is 25.0 Å². The van der Waals surface area contributed by atoms with Gasteiger partial charge in [-0.05, 0) is 31.4 Å². The van der Waals surface area contributed by atoms with Crippen LogP contribution in [0.2, 0.25) is 0 Å². The summed E-state index contributed by atoms with van der Waals surface area (Å²) in [7, 11) is 0. The van der Waals surface area contributed by atoms with Crippen molar-refractivity contribution in [2.45, 2.75) is 44.7 Å². The highest BCUT2D eigenvalue weighted by molar-refractivity contribution is 5.57. The van der Waals surface area contributed by atoms with Crippen molar-refractivity contribution in [1.82, 2.24) is 0 Å². The third-order valence-corrected chi connectivity index (χ3v) is 3.88. The number of rotatable bonds is 3. The first kappa shape index (κ1) is 14.3. The number of hydrogen-bond acceptors (Lipinski definition) is 3. The van der Waals surface area contributed by atoms with E-state index in [-0.39, 0.29) is 24.5 Å². The Morgan fingerprint density at radius 2 is 2.21 bits per heavy atom. The lowest BCUT2D eigenvalue weighted by atomic mass is 10.0. The van der Waals surface area contributed by atoms with E-state index in [0.717, 1.165) is 37.8 Å². The molecule has 0 radical (unpaired) electrons. The molecule has 2 atom stereocenters. The van der Waals surface area contributed by atoms with Gasteiger partial charge >= 0.3 is 0 Å². The number of nitrogens with two attached hydrogens (primary N) is 1. The molecule has 0 amide bonds. The van der Waals surface area contributed by atoms with Gasteiger partial charge in [-0.3, -0.25) is 0 Å². The molecule has 19 heavy (non-hydrogen) atoms. The molecule has 1 saturated heterocycles. The van der Waals surface area contributed by atoms with Gasteiger partial charge in [0.15, 0.2) is 0 Å². The Morgan fingerprint density at radius 1 is 1.42 bits per heavy atom. The zero-order valence-corrected chi connectivity index (χ0v) is 11.5. The first-order chi connectivity index (χ1) is 9.15. The van der Waals surface area contributed by atoms with Crippen molar-refractivity contribution in [3.63, 3.8) is 0 Å². The lowest BCUT2D eigenvalue weighted by Crippen LogP contribution is -2.39. The highest BCUT2D eigenvalue weighted by Crippen LogP contribution is 2.32. The van der Waals surface area contributed by atoms with Crippen LogP contribution in [0, 0.1) is 5.82 Å². The van der Waals surface area contributed by atoms with Gasteiger partial charge in [0.25, 0.3) is 0 Å². The zero-order chi connectivity index (χ0) is 13.8. The second kappa shape index (κ2) is 6.35. The normalized spacial score (nSPS) is 22.1. The Kier molecular flexibility index (Phi) is 4.77. The van der Waals surface area contributed by atoms with E-state index in [9.17, 15) is 9.50 Å². The largest absolute Gasteiger partial charge is 0.394 e. The summed E-state index contributed by atoms with van der Waals surface area (Å²) >= 11 is 0. The zero-order valence-electron chi connectivity index (χ0n) is 11.5. The molecule has 0 spiro atoms. The van der Waals surface area contributed by atoms with Crippen LogP contribution in [-0.2, 0) is 0 Å².